The Hall–Kier alpha value is -0.260. The quantitative estimate of drug-likeness (QED) is 0.478. The normalized spacial score (nSPS) is 20.1. The Bertz CT molecular complexity index is 74.0. The first-order valence-electron chi connectivity index (χ1n) is 3.42. The van der Waals surface area contributed by atoms with Crippen LogP contribution >= 0.6 is 0 Å². The summed E-state index contributed by atoms with van der Waals surface area (Å²) in [6, 6.07) is 0. The van der Waals surface area contributed by atoms with E-state index in [9.17, 15) is 0 Å². The molecule has 1 radical (unpaired) electrons. The van der Waals surface area contributed by atoms with Gasteiger partial charge >= 0.3 is 0 Å². The van der Waals surface area contributed by atoms with Gasteiger partial charge in [0.1, 0.15) is 0 Å². The predicted molar refractivity (Wildman–Crippen MR) is 36.5 cm³/mol. The molecule has 0 saturated heterocycles. The molecule has 1 aliphatic carbocycles. The fraction of sp³-hybridized carbons (Fsp3) is 0.625. The van der Waals surface area contributed by atoms with Gasteiger partial charge in [0.2, 0.25) is 0 Å². The van der Waals surface area contributed by atoms with Gasteiger partial charge in [0.25, 0.3) is 0 Å². The van der Waals surface area contributed by atoms with Crippen LogP contribution in [0.2, 0.25) is 0 Å². The van der Waals surface area contributed by atoms with Gasteiger partial charge in [0.15, 0.2) is 0 Å². The van der Waals surface area contributed by atoms with E-state index in [0.29, 0.717) is 0 Å². The van der Waals surface area contributed by atoms with Gasteiger partial charge in [-0.25, -0.2) is 0 Å². The summed E-state index contributed by atoms with van der Waals surface area (Å²) in [6.45, 7) is 2.21. The van der Waals surface area contributed by atoms with Crippen LogP contribution in [0, 0.1) is 12.3 Å². The van der Waals surface area contributed by atoms with Crippen molar-refractivity contribution in [1.82, 2.24) is 0 Å². The molecule has 0 unspecified atom stereocenters. The Kier molecular flexibility index (Phi) is 2.13. The molecule has 0 heterocycles. The molecule has 0 saturated carbocycles. The van der Waals surface area contributed by atoms with E-state index in [4.69, 9.17) is 0 Å². The minimum absolute atomic E-state index is 0.875. The Labute approximate surface area is 51.6 Å². The van der Waals surface area contributed by atoms with Crippen molar-refractivity contribution in [3.8, 4) is 0 Å². The van der Waals surface area contributed by atoms with Crippen LogP contribution in [0.3, 0.4) is 0 Å². The standard InChI is InChI=1S/C8H13/c1-2-5-8-6-3-4-7-8/h3-5,8H,2,6-7H2,1H3. The fourth-order valence-corrected chi connectivity index (χ4v) is 1.16. The Morgan fingerprint density at radius 2 is 2.12 bits per heavy atom. The van der Waals surface area contributed by atoms with Gasteiger partial charge in [-0.05, 0) is 25.2 Å². The zero-order valence-corrected chi connectivity index (χ0v) is 5.43. The molecule has 1 rings (SSSR count). The summed E-state index contributed by atoms with van der Waals surface area (Å²) < 4.78 is 0. The SMILES string of the molecule is CC[CH]C1CC=CC1. The molecule has 1 aliphatic rings. The van der Waals surface area contributed by atoms with Crippen LogP contribution < -0.4 is 0 Å². The zero-order valence-electron chi connectivity index (χ0n) is 5.43. The van der Waals surface area contributed by atoms with E-state index in [2.05, 4.69) is 25.5 Å². The Morgan fingerprint density at radius 3 is 2.62 bits per heavy atom. The molecule has 0 nitrogen and oxygen atoms in total. The summed E-state index contributed by atoms with van der Waals surface area (Å²) in [7, 11) is 0. The lowest BCUT2D eigenvalue weighted by Crippen LogP contribution is -1.91. The Balaban J connectivity index is 2.10. The fourth-order valence-electron chi connectivity index (χ4n) is 1.16. The third-order valence-electron chi connectivity index (χ3n) is 1.61. The molecule has 8 heavy (non-hydrogen) atoms. The molecule has 0 amide bonds. The van der Waals surface area contributed by atoms with Crippen molar-refractivity contribution in [3.05, 3.63) is 18.6 Å². The highest BCUT2D eigenvalue weighted by Gasteiger charge is 2.07. The summed E-state index contributed by atoms with van der Waals surface area (Å²) in [4.78, 5) is 0. The van der Waals surface area contributed by atoms with Crippen molar-refractivity contribution < 1.29 is 0 Å². The monoisotopic (exact) mass is 109 g/mol. The second-order valence-corrected chi connectivity index (χ2v) is 2.35. The van der Waals surface area contributed by atoms with Crippen LogP contribution in [0.1, 0.15) is 26.2 Å². The van der Waals surface area contributed by atoms with Gasteiger partial charge in [-0.2, -0.15) is 0 Å². The average Bonchev–Trinajstić information content (AvgIpc) is 2.19. The van der Waals surface area contributed by atoms with E-state index in [1.54, 1.807) is 0 Å². The number of rotatable bonds is 2. The van der Waals surface area contributed by atoms with Gasteiger partial charge in [0, 0.05) is 0 Å². The van der Waals surface area contributed by atoms with E-state index in [-0.39, 0.29) is 0 Å². The first-order valence-corrected chi connectivity index (χ1v) is 3.42. The molecule has 0 N–H and O–H groups in total. The van der Waals surface area contributed by atoms with Crippen LogP contribution in [0.15, 0.2) is 12.2 Å². The predicted octanol–water partition coefficient (Wildman–Crippen LogP) is 2.57. The van der Waals surface area contributed by atoms with Crippen molar-refractivity contribution in [3.63, 3.8) is 0 Å². The van der Waals surface area contributed by atoms with E-state index >= 15 is 0 Å². The van der Waals surface area contributed by atoms with Crippen LogP contribution in [-0.2, 0) is 0 Å². The van der Waals surface area contributed by atoms with Crippen molar-refractivity contribution in [2.75, 3.05) is 0 Å². The highest BCUT2D eigenvalue weighted by Crippen LogP contribution is 2.20. The van der Waals surface area contributed by atoms with E-state index in [0.717, 1.165) is 5.92 Å². The molecule has 45 valence electrons. The summed E-state index contributed by atoms with van der Waals surface area (Å²) in [5.41, 5.74) is 0. The minimum Gasteiger partial charge on any atom is -0.0882 e. The lowest BCUT2D eigenvalue weighted by molar-refractivity contribution is 0.636. The Morgan fingerprint density at radius 1 is 1.50 bits per heavy atom. The second kappa shape index (κ2) is 2.91. The molecule has 0 aromatic carbocycles. The minimum atomic E-state index is 0.875. The summed E-state index contributed by atoms with van der Waals surface area (Å²) in [6.07, 6.45) is 10.8. The number of hydrogen-bond acceptors (Lipinski definition) is 0. The molecular weight excluding hydrogens is 96.1 g/mol. The molecule has 0 aliphatic heterocycles. The molecule has 0 heteroatoms. The van der Waals surface area contributed by atoms with E-state index < -0.39 is 0 Å². The van der Waals surface area contributed by atoms with Crippen LogP contribution in [0.25, 0.3) is 0 Å². The molecule has 0 aromatic heterocycles. The molecule has 0 atom stereocenters. The second-order valence-electron chi connectivity index (χ2n) is 2.35. The molecule has 0 spiro atoms. The number of allylic oxidation sites excluding steroid dienone is 2. The first-order chi connectivity index (χ1) is 3.93. The van der Waals surface area contributed by atoms with Crippen molar-refractivity contribution in [2.45, 2.75) is 26.2 Å². The lowest BCUT2D eigenvalue weighted by atomic mass is 10.0. The lowest BCUT2D eigenvalue weighted by Gasteiger charge is -2.03. The molecule has 0 aromatic rings. The van der Waals surface area contributed by atoms with Gasteiger partial charge in [-0.3, -0.25) is 0 Å². The van der Waals surface area contributed by atoms with Gasteiger partial charge in [-0.1, -0.05) is 25.5 Å². The van der Waals surface area contributed by atoms with E-state index in [1.807, 2.05) is 0 Å². The van der Waals surface area contributed by atoms with Gasteiger partial charge < -0.3 is 0 Å². The van der Waals surface area contributed by atoms with Crippen molar-refractivity contribution in [2.24, 2.45) is 5.92 Å². The number of hydrogen-bond donors (Lipinski definition) is 0. The molecule has 0 fully saturated rings. The van der Waals surface area contributed by atoms with Crippen LogP contribution in [0.4, 0.5) is 0 Å². The first kappa shape index (κ1) is 5.87. The maximum atomic E-state index is 2.40. The van der Waals surface area contributed by atoms with Crippen LogP contribution in [0.5, 0.6) is 0 Å². The summed E-state index contributed by atoms with van der Waals surface area (Å²) in [5, 5.41) is 0. The highest BCUT2D eigenvalue weighted by atomic mass is 14.1. The topological polar surface area (TPSA) is 0 Å². The maximum absolute atomic E-state index is 2.40. The van der Waals surface area contributed by atoms with Crippen molar-refractivity contribution in [1.29, 1.82) is 0 Å². The average molecular weight is 109 g/mol. The largest absolute Gasteiger partial charge is 0.0882 e. The van der Waals surface area contributed by atoms with Gasteiger partial charge in [-0.15, -0.1) is 0 Å². The zero-order chi connectivity index (χ0) is 5.82. The third kappa shape index (κ3) is 1.36. The smallest absolute Gasteiger partial charge is 0.0314 e. The summed E-state index contributed by atoms with van der Waals surface area (Å²) >= 11 is 0. The summed E-state index contributed by atoms with van der Waals surface area (Å²) in [5.74, 6) is 0.875. The van der Waals surface area contributed by atoms with E-state index in [1.165, 1.54) is 19.3 Å². The molecular formula is C8H13. The molecule has 0 bridgehead atoms. The van der Waals surface area contributed by atoms with Crippen molar-refractivity contribution >= 4 is 0 Å². The highest BCUT2D eigenvalue weighted by molar-refractivity contribution is 4.98. The van der Waals surface area contributed by atoms with Crippen LogP contribution in [-0.4, -0.2) is 0 Å². The van der Waals surface area contributed by atoms with Gasteiger partial charge in [0.05, 0.1) is 0 Å². The maximum Gasteiger partial charge on any atom is -0.0314 e. The third-order valence-corrected chi connectivity index (χ3v) is 1.61.